The summed E-state index contributed by atoms with van der Waals surface area (Å²) < 4.78 is 4.40. The lowest BCUT2D eigenvalue weighted by molar-refractivity contribution is -0.138. The van der Waals surface area contributed by atoms with Crippen LogP contribution in [0.25, 0.3) is 0 Å². The number of rotatable bonds is 4. The Bertz CT molecular complexity index is 200. The van der Waals surface area contributed by atoms with Gasteiger partial charge in [0.25, 0.3) is 0 Å². The molecule has 0 aliphatic heterocycles. The minimum absolute atomic E-state index is 0.161. The van der Waals surface area contributed by atoms with Gasteiger partial charge in [-0.15, -0.1) is 23.2 Å². The van der Waals surface area contributed by atoms with Crippen molar-refractivity contribution in [2.45, 2.75) is 4.84 Å². The minimum atomic E-state index is -1.22. The van der Waals surface area contributed by atoms with Crippen LogP contribution < -0.4 is 0 Å². The van der Waals surface area contributed by atoms with E-state index in [-0.39, 0.29) is 6.61 Å². The molecule has 0 saturated heterocycles. The van der Waals surface area contributed by atoms with Crippen LogP contribution in [0.15, 0.2) is 12.2 Å². The third-order valence-electron chi connectivity index (χ3n) is 0.714. The van der Waals surface area contributed by atoms with Crippen LogP contribution in [0.5, 0.6) is 0 Å². The fraction of sp³-hybridized carbons (Fsp3) is 0.333. The third kappa shape index (κ3) is 7.37. The largest absolute Gasteiger partial charge is 0.478 e. The summed E-state index contributed by atoms with van der Waals surface area (Å²) in [6, 6.07) is 0. The van der Waals surface area contributed by atoms with Crippen LogP contribution in [-0.4, -0.2) is 28.5 Å². The second kappa shape index (κ2) is 5.85. The highest BCUT2D eigenvalue weighted by Gasteiger charge is 2.02. The SMILES string of the molecule is O=C(O)/C=C\C(=O)OCC(Cl)Cl. The van der Waals surface area contributed by atoms with E-state index in [9.17, 15) is 9.59 Å². The van der Waals surface area contributed by atoms with Gasteiger partial charge in [0, 0.05) is 12.2 Å². The van der Waals surface area contributed by atoms with Gasteiger partial charge in [0.1, 0.15) is 11.4 Å². The number of halogens is 2. The summed E-state index contributed by atoms with van der Waals surface area (Å²) in [5, 5.41) is 8.09. The van der Waals surface area contributed by atoms with Gasteiger partial charge in [0.05, 0.1) is 0 Å². The molecule has 0 saturated carbocycles. The number of carbonyl (C=O) groups is 2. The maximum absolute atomic E-state index is 10.6. The van der Waals surface area contributed by atoms with Crippen LogP contribution >= 0.6 is 23.2 Å². The molecule has 6 heteroatoms. The second-order valence-electron chi connectivity index (χ2n) is 1.69. The quantitative estimate of drug-likeness (QED) is 0.429. The van der Waals surface area contributed by atoms with E-state index in [0.29, 0.717) is 6.08 Å². The Kier molecular flexibility index (Phi) is 5.49. The highest BCUT2D eigenvalue weighted by molar-refractivity contribution is 6.44. The number of carboxylic acid groups (broad SMARTS) is 1. The zero-order chi connectivity index (χ0) is 9.56. The van der Waals surface area contributed by atoms with Gasteiger partial charge in [0.15, 0.2) is 0 Å². The number of hydrogen-bond donors (Lipinski definition) is 1. The van der Waals surface area contributed by atoms with Crippen LogP contribution in [0, 0.1) is 0 Å². The highest BCUT2D eigenvalue weighted by atomic mass is 35.5. The summed E-state index contributed by atoms with van der Waals surface area (Å²) in [6.45, 7) is -0.161. The van der Waals surface area contributed by atoms with Gasteiger partial charge in [0.2, 0.25) is 0 Å². The summed E-state index contributed by atoms with van der Waals surface area (Å²) in [4.78, 5) is 19.7. The van der Waals surface area contributed by atoms with Crippen molar-refractivity contribution >= 4 is 35.1 Å². The van der Waals surface area contributed by atoms with Crippen molar-refractivity contribution in [3.05, 3.63) is 12.2 Å². The number of carboxylic acids is 1. The van der Waals surface area contributed by atoms with Crippen molar-refractivity contribution in [1.29, 1.82) is 0 Å². The molecule has 0 amide bonds. The van der Waals surface area contributed by atoms with Crippen molar-refractivity contribution in [1.82, 2.24) is 0 Å². The van der Waals surface area contributed by atoms with Crippen LogP contribution in [0.2, 0.25) is 0 Å². The molecule has 0 unspecified atom stereocenters. The number of alkyl halides is 2. The van der Waals surface area contributed by atoms with E-state index in [1.807, 2.05) is 0 Å². The van der Waals surface area contributed by atoms with Gasteiger partial charge in [-0.1, -0.05) is 0 Å². The fourth-order valence-electron chi connectivity index (χ4n) is 0.333. The summed E-state index contributed by atoms with van der Waals surface area (Å²) in [6.07, 6.45) is 1.44. The molecule has 0 aromatic carbocycles. The van der Waals surface area contributed by atoms with Gasteiger partial charge in [-0.2, -0.15) is 0 Å². The molecule has 0 aromatic rings. The summed E-state index contributed by atoms with van der Waals surface area (Å²) in [7, 11) is 0. The number of hydrogen-bond acceptors (Lipinski definition) is 3. The lowest BCUT2D eigenvalue weighted by Crippen LogP contribution is -2.08. The number of esters is 1. The van der Waals surface area contributed by atoms with Gasteiger partial charge < -0.3 is 9.84 Å². The van der Waals surface area contributed by atoms with Gasteiger partial charge in [-0.3, -0.25) is 0 Å². The maximum Gasteiger partial charge on any atom is 0.331 e. The van der Waals surface area contributed by atoms with E-state index in [1.54, 1.807) is 0 Å². The Labute approximate surface area is 78.7 Å². The molecule has 0 rings (SSSR count). The zero-order valence-electron chi connectivity index (χ0n) is 5.87. The van der Waals surface area contributed by atoms with E-state index in [1.165, 1.54) is 0 Å². The van der Waals surface area contributed by atoms with E-state index in [4.69, 9.17) is 28.3 Å². The first kappa shape index (κ1) is 11.3. The van der Waals surface area contributed by atoms with Crippen LogP contribution in [0.4, 0.5) is 0 Å². The average Bonchev–Trinajstić information content (AvgIpc) is 1.96. The molecule has 0 radical (unpaired) electrons. The Balaban J connectivity index is 3.67. The van der Waals surface area contributed by atoms with Crippen molar-refractivity contribution in [2.75, 3.05) is 6.61 Å². The van der Waals surface area contributed by atoms with Crippen molar-refractivity contribution in [3.63, 3.8) is 0 Å². The Morgan fingerprint density at radius 1 is 1.42 bits per heavy atom. The molecule has 4 nitrogen and oxygen atoms in total. The lowest BCUT2D eigenvalue weighted by atomic mass is 10.5. The Morgan fingerprint density at radius 2 is 2.00 bits per heavy atom. The maximum atomic E-state index is 10.6. The smallest absolute Gasteiger partial charge is 0.331 e. The first-order chi connectivity index (χ1) is 5.52. The van der Waals surface area contributed by atoms with Gasteiger partial charge in [-0.25, -0.2) is 9.59 Å². The third-order valence-corrected chi connectivity index (χ3v) is 0.966. The molecule has 0 aliphatic rings. The number of ether oxygens (including phenoxy) is 1. The van der Waals surface area contributed by atoms with E-state index in [2.05, 4.69) is 4.74 Å². The van der Waals surface area contributed by atoms with Crippen LogP contribution in [-0.2, 0) is 14.3 Å². The lowest BCUT2D eigenvalue weighted by Gasteiger charge is -2.00. The summed E-state index contributed by atoms with van der Waals surface area (Å²) in [5.41, 5.74) is 0. The van der Waals surface area contributed by atoms with Gasteiger partial charge >= 0.3 is 11.9 Å². The molecule has 0 aliphatic carbocycles. The Hall–Kier alpha value is -0.740. The molecule has 1 N–H and O–H groups in total. The molecule has 0 fully saturated rings. The minimum Gasteiger partial charge on any atom is -0.478 e. The van der Waals surface area contributed by atoms with Crippen molar-refractivity contribution in [2.24, 2.45) is 0 Å². The predicted molar refractivity (Wildman–Crippen MR) is 43.2 cm³/mol. The van der Waals surface area contributed by atoms with Crippen molar-refractivity contribution < 1.29 is 19.4 Å². The number of carbonyl (C=O) groups excluding carboxylic acids is 1. The average molecular weight is 213 g/mol. The first-order valence-corrected chi connectivity index (χ1v) is 3.75. The summed E-state index contributed by atoms with van der Waals surface area (Å²) >= 11 is 10.5. The zero-order valence-corrected chi connectivity index (χ0v) is 7.38. The molecular weight excluding hydrogens is 207 g/mol. The topological polar surface area (TPSA) is 63.6 Å². The highest BCUT2D eigenvalue weighted by Crippen LogP contribution is 2.01. The van der Waals surface area contributed by atoms with E-state index >= 15 is 0 Å². The number of aliphatic carboxylic acids is 1. The van der Waals surface area contributed by atoms with Gasteiger partial charge in [-0.05, 0) is 0 Å². The fourth-order valence-corrected chi connectivity index (χ4v) is 0.459. The van der Waals surface area contributed by atoms with Crippen LogP contribution in [0.1, 0.15) is 0 Å². The molecule has 0 bridgehead atoms. The van der Waals surface area contributed by atoms with E-state index < -0.39 is 16.8 Å². The summed E-state index contributed by atoms with van der Waals surface area (Å²) in [5.74, 6) is -2.01. The standard InChI is InChI=1S/C6H6Cl2O4/c7-4(8)3-12-6(11)2-1-5(9)10/h1-2,4H,3H2,(H,9,10)/b2-1-. The molecule has 0 spiro atoms. The normalized spacial score (nSPS) is 10.6. The van der Waals surface area contributed by atoms with E-state index in [0.717, 1.165) is 6.08 Å². The molecule has 12 heavy (non-hydrogen) atoms. The first-order valence-electron chi connectivity index (χ1n) is 2.88. The van der Waals surface area contributed by atoms with Crippen LogP contribution in [0.3, 0.4) is 0 Å². The molecule has 0 heterocycles. The monoisotopic (exact) mass is 212 g/mol. The Morgan fingerprint density at radius 3 is 2.42 bits per heavy atom. The molecule has 0 atom stereocenters. The van der Waals surface area contributed by atoms with Crippen molar-refractivity contribution in [3.8, 4) is 0 Å². The molecule has 0 aromatic heterocycles. The second-order valence-corrected chi connectivity index (χ2v) is 2.97. The predicted octanol–water partition coefficient (Wildman–Crippen LogP) is 0.974. The molecule has 68 valence electrons. The molecular formula is C6H6Cl2O4.